The zero-order chi connectivity index (χ0) is 19.2. The number of amides is 4. The van der Waals surface area contributed by atoms with E-state index in [0.29, 0.717) is 32.4 Å². The zero-order valence-corrected chi connectivity index (χ0v) is 14.8. The van der Waals surface area contributed by atoms with Crippen molar-refractivity contribution in [3.05, 3.63) is 40.8 Å². The molecular formula is C17H25N5O4. The number of nitrogens with one attached hydrogen (secondary N) is 4. The maximum atomic E-state index is 12.3. The van der Waals surface area contributed by atoms with Gasteiger partial charge in [-0.15, -0.1) is 4.91 Å². The summed E-state index contributed by atoms with van der Waals surface area (Å²) in [5, 5.41) is 12.8. The van der Waals surface area contributed by atoms with Gasteiger partial charge in [-0.1, -0.05) is 30.3 Å². The number of hydrogen-bond donors (Lipinski definition) is 4. The lowest BCUT2D eigenvalue weighted by molar-refractivity contribution is -0.128. The third-order valence-corrected chi connectivity index (χ3v) is 3.51. The van der Waals surface area contributed by atoms with Gasteiger partial charge >= 0.3 is 6.03 Å². The first-order valence-corrected chi connectivity index (χ1v) is 8.42. The van der Waals surface area contributed by atoms with Crippen LogP contribution in [0.5, 0.6) is 0 Å². The normalized spacial score (nSPS) is 11.1. The van der Waals surface area contributed by atoms with E-state index in [4.69, 9.17) is 0 Å². The third kappa shape index (κ3) is 9.36. The van der Waals surface area contributed by atoms with Crippen LogP contribution in [-0.2, 0) is 16.1 Å². The van der Waals surface area contributed by atoms with Crippen LogP contribution in [0.1, 0.15) is 31.7 Å². The molecule has 9 heteroatoms. The average Bonchev–Trinajstić information content (AvgIpc) is 2.63. The van der Waals surface area contributed by atoms with Gasteiger partial charge in [0.15, 0.2) is 6.67 Å². The number of carbonyl (C=O) groups excluding carboxylic acids is 3. The lowest BCUT2D eigenvalue weighted by Gasteiger charge is -2.17. The summed E-state index contributed by atoms with van der Waals surface area (Å²) in [6, 6.07) is 8.40. The number of hydrogen-bond acceptors (Lipinski definition) is 5. The minimum Gasteiger partial charge on any atom is -0.350 e. The van der Waals surface area contributed by atoms with E-state index in [1.807, 2.05) is 30.3 Å². The summed E-state index contributed by atoms with van der Waals surface area (Å²) in [5.74, 6) is -0.518. The molecule has 1 atom stereocenters. The maximum Gasteiger partial charge on any atom is 0.316 e. The van der Waals surface area contributed by atoms with Gasteiger partial charge in [0.1, 0.15) is 6.04 Å². The van der Waals surface area contributed by atoms with Crippen LogP contribution in [0.2, 0.25) is 0 Å². The molecule has 4 N–H and O–H groups in total. The van der Waals surface area contributed by atoms with Gasteiger partial charge in [0.05, 0.1) is 0 Å². The van der Waals surface area contributed by atoms with Crippen molar-refractivity contribution in [2.45, 2.75) is 38.8 Å². The van der Waals surface area contributed by atoms with Gasteiger partial charge in [-0.25, -0.2) is 4.79 Å². The molecule has 0 unspecified atom stereocenters. The summed E-state index contributed by atoms with van der Waals surface area (Å²) < 4.78 is 0. The molecule has 142 valence electrons. The van der Waals surface area contributed by atoms with Crippen molar-refractivity contribution >= 4 is 17.8 Å². The number of rotatable bonds is 11. The first-order chi connectivity index (χ1) is 12.5. The van der Waals surface area contributed by atoms with Crippen LogP contribution in [0.4, 0.5) is 4.79 Å². The Morgan fingerprint density at radius 1 is 1.04 bits per heavy atom. The van der Waals surface area contributed by atoms with E-state index in [1.54, 1.807) is 0 Å². The predicted molar refractivity (Wildman–Crippen MR) is 96.9 cm³/mol. The summed E-state index contributed by atoms with van der Waals surface area (Å²) in [6.07, 6.45) is 1.72. The molecule has 9 nitrogen and oxygen atoms in total. The van der Waals surface area contributed by atoms with Crippen LogP contribution in [0.25, 0.3) is 0 Å². The second-order valence-electron chi connectivity index (χ2n) is 5.67. The number of urea groups is 1. The number of carbonyl (C=O) groups is 3. The summed E-state index contributed by atoms with van der Waals surface area (Å²) in [4.78, 5) is 44.7. The molecule has 4 amide bonds. The molecule has 1 aromatic rings. The van der Waals surface area contributed by atoms with Crippen molar-refractivity contribution < 1.29 is 14.4 Å². The Balaban J connectivity index is 2.33. The summed E-state index contributed by atoms with van der Waals surface area (Å²) in [7, 11) is 0. The highest BCUT2D eigenvalue weighted by Crippen LogP contribution is 2.03. The molecule has 0 radical (unpaired) electrons. The minimum absolute atomic E-state index is 0.244. The lowest BCUT2D eigenvalue weighted by atomic mass is 10.1. The van der Waals surface area contributed by atoms with Crippen molar-refractivity contribution in [3.63, 3.8) is 0 Å². The molecular weight excluding hydrogens is 338 g/mol. The van der Waals surface area contributed by atoms with Crippen molar-refractivity contribution in [2.24, 2.45) is 5.18 Å². The summed E-state index contributed by atoms with van der Waals surface area (Å²) in [6.45, 7) is 1.87. The average molecular weight is 363 g/mol. The van der Waals surface area contributed by atoms with E-state index in [9.17, 15) is 19.3 Å². The number of nitrogens with zero attached hydrogens (tertiary/aromatic N) is 1. The van der Waals surface area contributed by atoms with Crippen LogP contribution >= 0.6 is 0 Å². The van der Waals surface area contributed by atoms with E-state index in [1.165, 1.54) is 6.92 Å². The van der Waals surface area contributed by atoms with Gasteiger partial charge in [-0.2, -0.15) is 0 Å². The summed E-state index contributed by atoms with van der Waals surface area (Å²) in [5.41, 5.74) is 0.974. The predicted octanol–water partition coefficient (Wildman–Crippen LogP) is 1.00. The van der Waals surface area contributed by atoms with Crippen LogP contribution in [0.3, 0.4) is 0 Å². The van der Waals surface area contributed by atoms with E-state index < -0.39 is 12.1 Å². The first-order valence-electron chi connectivity index (χ1n) is 8.42. The monoisotopic (exact) mass is 363 g/mol. The van der Waals surface area contributed by atoms with Crippen molar-refractivity contribution in [1.82, 2.24) is 21.3 Å². The standard InChI is InChI=1S/C17H25N5O4/c1-13(23)22-15(9-5-6-10-18-17(25)20-12-21-26)16(24)19-11-14-7-3-2-4-8-14/h2-4,7-8,15H,5-6,9-12H2,1H3,(H,19,24)(H,22,23)(H2,18,20,25)/t15-/m0/s1. The molecule has 1 aromatic carbocycles. The fourth-order valence-corrected chi connectivity index (χ4v) is 2.26. The van der Waals surface area contributed by atoms with Gasteiger partial charge < -0.3 is 21.3 Å². The zero-order valence-electron chi connectivity index (χ0n) is 14.8. The number of nitroso groups, excluding NO2 is 1. The second-order valence-corrected chi connectivity index (χ2v) is 5.67. The Labute approximate surface area is 152 Å². The van der Waals surface area contributed by atoms with Crippen molar-refractivity contribution in [2.75, 3.05) is 13.2 Å². The van der Waals surface area contributed by atoms with Crippen LogP contribution in [0.15, 0.2) is 35.5 Å². The first kappa shape index (κ1) is 21.1. The highest BCUT2D eigenvalue weighted by atomic mass is 16.3. The van der Waals surface area contributed by atoms with Gasteiger partial charge in [-0.05, 0) is 30.0 Å². The molecule has 0 aliphatic carbocycles. The van der Waals surface area contributed by atoms with Crippen LogP contribution in [0, 0.1) is 4.91 Å². The summed E-state index contributed by atoms with van der Waals surface area (Å²) >= 11 is 0. The molecule has 0 aliphatic rings. The molecule has 26 heavy (non-hydrogen) atoms. The maximum absolute atomic E-state index is 12.3. The Hall–Kier alpha value is -2.97. The highest BCUT2D eigenvalue weighted by molar-refractivity contribution is 5.86. The van der Waals surface area contributed by atoms with Gasteiger partial charge in [-0.3, -0.25) is 9.59 Å². The highest BCUT2D eigenvalue weighted by Gasteiger charge is 2.18. The lowest BCUT2D eigenvalue weighted by Crippen LogP contribution is -2.45. The van der Waals surface area contributed by atoms with Gasteiger partial charge in [0.25, 0.3) is 0 Å². The van der Waals surface area contributed by atoms with Crippen LogP contribution < -0.4 is 21.3 Å². The molecule has 0 saturated heterocycles. The Morgan fingerprint density at radius 3 is 2.42 bits per heavy atom. The number of unbranched alkanes of at least 4 members (excludes halogenated alkanes) is 1. The van der Waals surface area contributed by atoms with E-state index in [-0.39, 0.29) is 18.5 Å². The molecule has 1 rings (SSSR count). The molecule has 0 saturated carbocycles. The third-order valence-electron chi connectivity index (χ3n) is 3.51. The smallest absolute Gasteiger partial charge is 0.316 e. The van der Waals surface area contributed by atoms with Crippen molar-refractivity contribution in [3.8, 4) is 0 Å². The van der Waals surface area contributed by atoms with Gasteiger partial charge in [0.2, 0.25) is 11.8 Å². The van der Waals surface area contributed by atoms with Crippen LogP contribution in [-0.4, -0.2) is 37.1 Å². The molecule has 0 heterocycles. The van der Waals surface area contributed by atoms with Crippen molar-refractivity contribution in [1.29, 1.82) is 0 Å². The minimum atomic E-state index is -0.621. The Bertz CT molecular complexity index is 594. The fourth-order valence-electron chi connectivity index (χ4n) is 2.26. The fraction of sp³-hybridized carbons (Fsp3) is 0.471. The molecule has 0 fully saturated rings. The Morgan fingerprint density at radius 2 is 1.77 bits per heavy atom. The molecule has 0 aromatic heterocycles. The molecule has 0 bridgehead atoms. The molecule has 0 aliphatic heterocycles. The van der Waals surface area contributed by atoms with E-state index in [2.05, 4.69) is 26.4 Å². The quantitative estimate of drug-likeness (QED) is 0.345. The van der Waals surface area contributed by atoms with E-state index >= 15 is 0 Å². The largest absolute Gasteiger partial charge is 0.350 e. The Kier molecular flexibility index (Phi) is 10.1. The number of benzene rings is 1. The van der Waals surface area contributed by atoms with E-state index in [0.717, 1.165) is 5.56 Å². The topological polar surface area (TPSA) is 129 Å². The molecule has 0 spiro atoms. The van der Waals surface area contributed by atoms with Gasteiger partial charge in [0, 0.05) is 20.0 Å². The second kappa shape index (κ2) is 12.4. The SMILES string of the molecule is CC(=O)N[C@@H](CCCCNC(=O)NCN=O)C(=O)NCc1ccccc1.